The molecule has 0 spiro atoms. The monoisotopic (exact) mass is 390 g/mol. The molecule has 0 saturated carbocycles. The largest absolute Gasteiger partial charge is 0.383 e. The van der Waals surface area contributed by atoms with Crippen molar-refractivity contribution >= 4 is 29.2 Å². The predicted octanol–water partition coefficient (Wildman–Crippen LogP) is 2.33. The van der Waals surface area contributed by atoms with Gasteiger partial charge in [0.05, 0.1) is 17.9 Å². The van der Waals surface area contributed by atoms with E-state index >= 15 is 0 Å². The third-order valence-electron chi connectivity index (χ3n) is 3.66. The molecular formula is C19H23ClN4O3. The summed E-state index contributed by atoms with van der Waals surface area (Å²) in [5.41, 5.74) is 2.04. The topological polar surface area (TPSA) is 92.3 Å². The van der Waals surface area contributed by atoms with Gasteiger partial charge in [-0.25, -0.2) is 4.98 Å². The zero-order chi connectivity index (χ0) is 19.6. The number of carbonyl (C=O) groups is 2. The van der Waals surface area contributed by atoms with Crippen molar-refractivity contribution in [3.05, 3.63) is 47.0 Å². The Hall–Kier alpha value is -2.64. The van der Waals surface area contributed by atoms with E-state index in [-0.39, 0.29) is 11.8 Å². The number of carbonyl (C=O) groups excluding carboxylic acids is 2. The Morgan fingerprint density at radius 2 is 1.74 bits per heavy atom. The van der Waals surface area contributed by atoms with E-state index in [1.807, 2.05) is 12.1 Å². The number of pyridine rings is 1. The zero-order valence-corrected chi connectivity index (χ0v) is 16.1. The fraction of sp³-hybridized carbons (Fsp3) is 0.316. The highest BCUT2D eigenvalue weighted by atomic mass is 35.5. The first kappa shape index (κ1) is 20.7. The maximum absolute atomic E-state index is 12.5. The molecule has 3 N–H and O–H groups in total. The average molecular weight is 391 g/mol. The summed E-state index contributed by atoms with van der Waals surface area (Å²) in [7, 11) is 1.61. The van der Waals surface area contributed by atoms with Crippen molar-refractivity contribution in [3.63, 3.8) is 0 Å². The maximum atomic E-state index is 12.5. The lowest BCUT2D eigenvalue weighted by atomic mass is 10.1. The second kappa shape index (κ2) is 10.5. The number of nitrogens with one attached hydrogen (secondary N) is 3. The first-order chi connectivity index (χ1) is 13.0. The molecule has 0 atom stereocenters. The molecule has 144 valence electrons. The number of amides is 2. The van der Waals surface area contributed by atoms with Crippen LogP contribution in [0.4, 0.5) is 5.82 Å². The molecule has 0 radical (unpaired) electrons. The van der Waals surface area contributed by atoms with Crippen molar-refractivity contribution < 1.29 is 14.3 Å². The SMILES string of the molecule is COCCNc1nc(-c2ccc(Cl)cc2)ccc1C(=O)NCCNC(C)=O. The number of hydrogen-bond donors (Lipinski definition) is 3. The number of halogens is 1. The summed E-state index contributed by atoms with van der Waals surface area (Å²) >= 11 is 5.94. The van der Waals surface area contributed by atoms with E-state index in [9.17, 15) is 9.59 Å². The average Bonchev–Trinajstić information content (AvgIpc) is 2.65. The van der Waals surface area contributed by atoms with Crippen molar-refractivity contribution in [1.82, 2.24) is 15.6 Å². The summed E-state index contributed by atoms with van der Waals surface area (Å²) in [4.78, 5) is 28.0. The molecule has 0 bridgehead atoms. The van der Waals surface area contributed by atoms with Crippen LogP contribution in [0, 0.1) is 0 Å². The molecule has 0 aliphatic carbocycles. The molecule has 1 heterocycles. The first-order valence-electron chi connectivity index (χ1n) is 8.53. The summed E-state index contributed by atoms with van der Waals surface area (Å²) in [5.74, 6) is 0.0621. The third kappa shape index (κ3) is 6.54. The third-order valence-corrected chi connectivity index (χ3v) is 3.91. The molecule has 0 aliphatic heterocycles. The van der Waals surface area contributed by atoms with Crippen LogP contribution in [-0.2, 0) is 9.53 Å². The minimum absolute atomic E-state index is 0.139. The zero-order valence-electron chi connectivity index (χ0n) is 15.3. The van der Waals surface area contributed by atoms with Crippen LogP contribution in [0.5, 0.6) is 0 Å². The number of anilines is 1. The normalized spacial score (nSPS) is 10.3. The van der Waals surface area contributed by atoms with Gasteiger partial charge in [-0.05, 0) is 24.3 Å². The second-order valence-corrected chi connectivity index (χ2v) is 6.19. The summed E-state index contributed by atoms with van der Waals surface area (Å²) in [6, 6.07) is 10.8. The Balaban J connectivity index is 2.17. The molecule has 1 aromatic carbocycles. The van der Waals surface area contributed by atoms with E-state index in [2.05, 4.69) is 20.9 Å². The van der Waals surface area contributed by atoms with Crippen LogP contribution in [-0.4, -0.2) is 50.1 Å². The van der Waals surface area contributed by atoms with Crippen molar-refractivity contribution in [3.8, 4) is 11.3 Å². The quantitative estimate of drug-likeness (QED) is 0.571. The lowest BCUT2D eigenvalue weighted by Gasteiger charge is -2.13. The van der Waals surface area contributed by atoms with E-state index in [1.54, 1.807) is 31.4 Å². The van der Waals surface area contributed by atoms with Gasteiger partial charge >= 0.3 is 0 Å². The van der Waals surface area contributed by atoms with E-state index in [0.29, 0.717) is 42.6 Å². The standard InChI is InChI=1S/C19H23ClN4O3/c1-13(25)21-9-10-23-19(26)16-7-8-17(14-3-5-15(20)6-4-14)24-18(16)22-11-12-27-2/h3-8H,9-12H2,1-2H3,(H,21,25)(H,22,24)(H,23,26). The number of methoxy groups -OCH3 is 1. The highest BCUT2D eigenvalue weighted by Gasteiger charge is 2.14. The molecule has 0 unspecified atom stereocenters. The van der Waals surface area contributed by atoms with Crippen LogP contribution in [0.25, 0.3) is 11.3 Å². The van der Waals surface area contributed by atoms with Crippen LogP contribution < -0.4 is 16.0 Å². The molecule has 27 heavy (non-hydrogen) atoms. The number of rotatable bonds is 9. The Kier molecular flexibility index (Phi) is 8.03. The van der Waals surface area contributed by atoms with Crippen molar-refractivity contribution in [2.24, 2.45) is 0 Å². The number of aromatic nitrogens is 1. The van der Waals surface area contributed by atoms with E-state index in [1.165, 1.54) is 6.92 Å². The minimum atomic E-state index is -0.268. The molecular weight excluding hydrogens is 368 g/mol. The van der Waals surface area contributed by atoms with Crippen molar-refractivity contribution in [2.75, 3.05) is 38.7 Å². The molecule has 0 fully saturated rings. The predicted molar refractivity (Wildman–Crippen MR) is 106 cm³/mol. The number of ether oxygens (including phenoxy) is 1. The van der Waals surface area contributed by atoms with Crippen LogP contribution in [0.15, 0.2) is 36.4 Å². The number of hydrogen-bond acceptors (Lipinski definition) is 5. The maximum Gasteiger partial charge on any atom is 0.255 e. The lowest BCUT2D eigenvalue weighted by Crippen LogP contribution is -2.34. The summed E-state index contributed by atoms with van der Waals surface area (Å²) < 4.78 is 5.05. The number of nitrogens with zero attached hydrogens (tertiary/aromatic N) is 1. The van der Waals surface area contributed by atoms with Gasteiger partial charge in [0.15, 0.2) is 0 Å². The smallest absolute Gasteiger partial charge is 0.255 e. The van der Waals surface area contributed by atoms with Gasteiger partial charge in [-0.15, -0.1) is 0 Å². The first-order valence-corrected chi connectivity index (χ1v) is 8.91. The van der Waals surface area contributed by atoms with E-state index < -0.39 is 0 Å². The molecule has 7 nitrogen and oxygen atoms in total. The van der Waals surface area contributed by atoms with Gasteiger partial charge in [0.1, 0.15) is 5.82 Å². The molecule has 8 heteroatoms. The highest BCUT2D eigenvalue weighted by Crippen LogP contribution is 2.23. The fourth-order valence-electron chi connectivity index (χ4n) is 2.34. The Morgan fingerprint density at radius 1 is 1.04 bits per heavy atom. The lowest BCUT2D eigenvalue weighted by molar-refractivity contribution is -0.118. The van der Waals surface area contributed by atoms with Gasteiger partial charge in [0.25, 0.3) is 5.91 Å². The van der Waals surface area contributed by atoms with Crippen LogP contribution >= 0.6 is 11.6 Å². The summed E-state index contributed by atoms with van der Waals surface area (Å²) in [5, 5.41) is 9.18. The van der Waals surface area contributed by atoms with Crippen molar-refractivity contribution in [1.29, 1.82) is 0 Å². The van der Waals surface area contributed by atoms with Gasteiger partial charge in [-0.2, -0.15) is 0 Å². The molecule has 0 saturated heterocycles. The molecule has 2 aromatic rings. The van der Waals surface area contributed by atoms with Crippen LogP contribution in [0.3, 0.4) is 0 Å². The highest BCUT2D eigenvalue weighted by molar-refractivity contribution is 6.30. The summed E-state index contributed by atoms with van der Waals surface area (Å²) in [6.07, 6.45) is 0. The van der Waals surface area contributed by atoms with E-state index in [0.717, 1.165) is 11.3 Å². The summed E-state index contributed by atoms with van der Waals surface area (Å²) in [6.45, 7) is 3.12. The van der Waals surface area contributed by atoms with E-state index in [4.69, 9.17) is 16.3 Å². The molecule has 2 rings (SSSR count). The van der Waals surface area contributed by atoms with Gasteiger partial charge in [-0.3, -0.25) is 9.59 Å². The van der Waals surface area contributed by atoms with Gasteiger partial charge in [0, 0.05) is 44.3 Å². The molecule has 0 aliphatic rings. The van der Waals surface area contributed by atoms with Crippen LogP contribution in [0.2, 0.25) is 5.02 Å². The number of benzene rings is 1. The minimum Gasteiger partial charge on any atom is -0.383 e. The van der Waals surface area contributed by atoms with Gasteiger partial charge < -0.3 is 20.7 Å². The van der Waals surface area contributed by atoms with Gasteiger partial charge in [-0.1, -0.05) is 23.7 Å². The molecule has 1 aromatic heterocycles. The van der Waals surface area contributed by atoms with Crippen LogP contribution in [0.1, 0.15) is 17.3 Å². The fourth-order valence-corrected chi connectivity index (χ4v) is 2.47. The Morgan fingerprint density at radius 3 is 2.41 bits per heavy atom. The molecule has 2 amide bonds. The Bertz CT molecular complexity index is 781. The van der Waals surface area contributed by atoms with Crippen molar-refractivity contribution in [2.45, 2.75) is 6.92 Å². The second-order valence-electron chi connectivity index (χ2n) is 5.76. The van der Waals surface area contributed by atoms with Gasteiger partial charge in [0.2, 0.25) is 5.91 Å². The Labute approximate surface area is 163 Å².